The molecule has 2 aromatic rings. The van der Waals surface area contributed by atoms with Crippen molar-refractivity contribution in [2.75, 3.05) is 39.5 Å². The van der Waals surface area contributed by atoms with E-state index >= 15 is 0 Å². The molecule has 2 rings (SSSR count). The number of benzene rings is 1. The van der Waals surface area contributed by atoms with Crippen LogP contribution in [0.5, 0.6) is 0 Å². The summed E-state index contributed by atoms with van der Waals surface area (Å²) in [4.78, 5) is 15.7. The summed E-state index contributed by atoms with van der Waals surface area (Å²) in [5.41, 5.74) is 10.6. The Hall–Kier alpha value is -3.25. The highest BCUT2D eigenvalue weighted by Crippen LogP contribution is 2.26. The molecule has 0 radical (unpaired) electrons. The van der Waals surface area contributed by atoms with Gasteiger partial charge in [-0.3, -0.25) is 4.99 Å². The lowest BCUT2D eigenvalue weighted by atomic mass is 10.0. The number of rotatable bonds is 11. The summed E-state index contributed by atoms with van der Waals surface area (Å²) in [6.45, 7) is 7.42. The van der Waals surface area contributed by atoms with Crippen molar-refractivity contribution in [1.29, 1.82) is 0 Å². The van der Waals surface area contributed by atoms with Crippen LogP contribution in [-0.4, -0.2) is 55.3 Å². The van der Waals surface area contributed by atoms with Gasteiger partial charge in [0.05, 0.1) is 0 Å². The lowest BCUT2D eigenvalue weighted by Gasteiger charge is -2.14. The molecule has 0 bridgehead atoms. The minimum atomic E-state index is 0.670. The van der Waals surface area contributed by atoms with Crippen LogP contribution in [0.3, 0.4) is 0 Å². The third-order valence-corrected chi connectivity index (χ3v) is 4.67. The van der Waals surface area contributed by atoms with E-state index in [1.165, 1.54) is 0 Å². The third-order valence-electron chi connectivity index (χ3n) is 4.67. The summed E-state index contributed by atoms with van der Waals surface area (Å²) < 4.78 is 0. The van der Waals surface area contributed by atoms with Crippen molar-refractivity contribution in [3.63, 3.8) is 0 Å². The molecule has 0 aliphatic rings. The van der Waals surface area contributed by atoms with Gasteiger partial charge in [-0.15, -0.1) is 0 Å². The lowest BCUT2D eigenvalue weighted by Crippen LogP contribution is -2.10. The summed E-state index contributed by atoms with van der Waals surface area (Å²) in [6.07, 6.45) is 11.6. The molecule has 1 aromatic carbocycles. The van der Waals surface area contributed by atoms with Crippen LogP contribution >= 0.6 is 0 Å². The zero-order valence-electron chi connectivity index (χ0n) is 19.1. The first-order valence-corrected chi connectivity index (χ1v) is 10.5. The summed E-state index contributed by atoms with van der Waals surface area (Å²) >= 11 is 0. The third kappa shape index (κ3) is 6.89. The smallest absolute Gasteiger partial charge is 0.161 e. The Morgan fingerprint density at radius 3 is 2.71 bits per heavy atom. The molecule has 3 N–H and O–H groups in total. The topological polar surface area (TPSA) is 79.4 Å². The number of nitrogens with two attached hydrogens (primary N) is 1. The quantitative estimate of drug-likeness (QED) is 0.319. The molecular formula is C25H34N6. The number of unbranched alkanes of at least 4 members (excludes halogenated alkanes) is 1. The van der Waals surface area contributed by atoms with E-state index in [9.17, 15) is 0 Å². The average molecular weight is 419 g/mol. The van der Waals surface area contributed by atoms with Gasteiger partial charge in [-0.05, 0) is 43.5 Å². The first-order valence-electron chi connectivity index (χ1n) is 10.5. The highest BCUT2D eigenvalue weighted by Gasteiger charge is 2.12. The number of hydrogen-bond donors (Lipinski definition) is 2. The van der Waals surface area contributed by atoms with Crippen molar-refractivity contribution < 1.29 is 0 Å². The summed E-state index contributed by atoms with van der Waals surface area (Å²) in [5, 5.41) is 3.46. The molecule has 0 aliphatic carbocycles. The maximum atomic E-state index is 5.63. The highest BCUT2D eigenvalue weighted by atomic mass is 15.0. The Bertz CT molecular complexity index is 956. The second kappa shape index (κ2) is 12.4. The summed E-state index contributed by atoms with van der Waals surface area (Å²) in [5.74, 6) is 1.47. The number of nitrogens with one attached hydrogen (secondary N) is 1. The fourth-order valence-corrected chi connectivity index (χ4v) is 3.14. The molecule has 164 valence electrons. The predicted octanol–water partition coefficient (Wildman–Crippen LogP) is 4.49. The molecule has 31 heavy (non-hydrogen) atoms. The predicted molar refractivity (Wildman–Crippen MR) is 134 cm³/mol. The van der Waals surface area contributed by atoms with Crippen LogP contribution in [-0.2, 0) is 0 Å². The molecule has 0 unspecified atom stereocenters. The molecule has 0 amide bonds. The number of anilines is 1. The van der Waals surface area contributed by atoms with Gasteiger partial charge >= 0.3 is 0 Å². The van der Waals surface area contributed by atoms with Crippen molar-refractivity contribution in [3.05, 3.63) is 66.5 Å². The summed E-state index contributed by atoms with van der Waals surface area (Å²) in [6, 6.07) is 8.20. The Morgan fingerprint density at radius 1 is 1.26 bits per heavy atom. The van der Waals surface area contributed by atoms with Gasteiger partial charge in [-0.1, -0.05) is 36.9 Å². The van der Waals surface area contributed by atoms with Gasteiger partial charge in [0.15, 0.2) is 5.82 Å². The van der Waals surface area contributed by atoms with Crippen molar-refractivity contribution in [2.24, 2.45) is 10.7 Å². The van der Waals surface area contributed by atoms with Gasteiger partial charge in [-0.25, -0.2) is 9.97 Å². The molecule has 0 fully saturated rings. The zero-order chi connectivity index (χ0) is 22.6. The van der Waals surface area contributed by atoms with Gasteiger partial charge in [0.2, 0.25) is 0 Å². The van der Waals surface area contributed by atoms with Gasteiger partial charge in [0, 0.05) is 63.0 Å². The van der Waals surface area contributed by atoms with E-state index in [2.05, 4.69) is 34.0 Å². The normalized spacial score (nSPS) is 12.3. The molecule has 1 heterocycles. The van der Waals surface area contributed by atoms with Crippen molar-refractivity contribution >= 4 is 23.2 Å². The Morgan fingerprint density at radius 2 is 2.06 bits per heavy atom. The lowest BCUT2D eigenvalue weighted by molar-refractivity contribution is 0.566. The molecule has 1 aromatic heterocycles. The van der Waals surface area contributed by atoms with Gasteiger partial charge in [0.25, 0.3) is 0 Å². The average Bonchev–Trinajstić information content (AvgIpc) is 2.78. The van der Waals surface area contributed by atoms with Crippen molar-refractivity contribution in [1.82, 2.24) is 14.9 Å². The number of hydrogen-bond acceptors (Lipinski definition) is 6. The van der Waals surface area contributed by atoms with Crippen LogP contribution in [0, 0.1) is 0 Å². The Labute approximate surface area is 186 Å². The molecule has 6 nitrogen and oxygen atoms in total. The van der Waals surface area contributed by atoms with Crippen molar-refractivity contribution in [3.8, 4) is 11.4 Å². The fraction of sp³-hybridized carbons (Fsp3) is 0.320. The molecular weight excluding hydrogens is 384 g/mol. The van der Waals surface area contributed by atoms with E-state index in [4.69, 9.17) is 10.7 Å². The Kier molecular flexibility index (Phi) is 9.65. The van der Waals surface area contributed by atoms with Gasteiger partial charge < -0.3 is 16.0 Å². The monoisotopic (exact) mass is 418 g/mol. The largest absolute Gasteiger partial charge is 0.383 e. The van der Waals surface area contributed by atoms with Crippen LogP contribution in [0.4, 0.5) is 5.82 Å². The van der Waals surface area contributed by atoms with E-state index < -0.39 is 0 Å². The van der Waals surface area contributed by atoms with Crippen LogP contribution < -0.4 is 11.1 Å². The van der Waals surface area contributed by atoms with E-state index in [-0.39, 0.29) is 0 Å². The minimum Gasteiger partial charge on any atom is -0.383 e. The first-order chi connectivity index (χ1) is 15.0. The minimum absolute atomic E-state index is 0.670. The molecule has 0 aliphatic heterocycles. The number of allylic oxidation sites excluding steroid dienone is 4. The second-order valence-corrected chi connectivity index (χ2v) is 7.34. The Balaban J connectivity index is 2.47. The molecule has 0 atom stereocenters. The summed E-state index contributed by atoms with van der Waals surface area (Å²) in [7, 11) is 5.75. The van der Waals surface area contributed by atoms with Gasteiger partial charge in [-0.2, -0.15) is 0 Å². The van der Waals surface area contributed by atoms with E-state index in [1.54, 1.807) is 7.05 Å². The maximum Gasteiger partial charge on any atom is 0.161 e. The number of aromatic nitrogens is 2. The van der Waals surface area contributed by atoms with E-state index in [1.807, 2.05) is 68.8 Å². The van der Waals surface area contributed by atoms with E-state index in [0.29, 0.717) is 12.4 Å². The highest BCUT2D eigenvalue weighted by molar-refractivity contribution is 6.11. The van der Waals surface area contributed by atoms with Crippen LogP contribution in [0.15, 0.2) is 60.4 Å². The number of aliphatic imine (C=N–C) groups is 1. The van der Waals surface area contributed by atoms with Crippen LogP contribution in [0.25, 0.3) is 22.5 Å². The van der Waals surface area contributed by atoms with E-state index in [0.717, 1.165) is 53.0 Å². The second-order valence-electron chi connectivity index (χ2n) is 7.34. The maximum absolute atomic E-state index is 5.63. The van der Waals surface area contributed by atoms with Crippen LogP contribution in [0.1, 0.15) is 30.9 Å². The molecule has 6 heteroatoms. The SMILES string of the molecule is C=C/C(=C\N(C)C)c1cccc(-c2ncc(/C(C=NC)=C/C)c(NCCCCN)n2)c1. The van der Waals surface area contributed by atoms with Crippen LogP contribution in [0.2, 0.25) is 0 Å². The van der Waals surface area contributed by atoms with Crippen molar-refractivity contribution in [2.45, 2.75) is 19.8 Å². The van der Waals surface area contributed by atoms with Gasteiger partial charge in [0.1, 0.15) is 5.82 Å². The first kappa shape index (κ1) is 24.0. The number of nitrogens with zero attached hydrogens (tertiary/aromatic N) is 4. The fourth-order valence-electron chi connectivity index (χ4n) is 3.14. The molecule has 0 saturated carbocycles. The standard InChI is InChI=1S/C25H34N6/c1-6-19(16-27-3)23-17-29-24(30-25(23)28-14-9-8-13-26)22-12-10-11-21(15-22)20(7-2)18-31(4)5/h6-7,10-12,15-18H,2,8-9,13-14,26H2,1,3-5H3,(H,28,29,30)/b19-6+,20-18+,27-16?. The zero-order valence-corrected chi connectivity index (χ0v) is 19.1. The molecule has 0 spiro atoms. The molecule has 0 saturated heterocycles.